The van der Waals surface area contributed by atoms with E-state index >= 15 is 0 Å². The van der Waals surface area contributed by atoms with Crippen molar-refractivity contribution >= 4 is 23.2 Å². The molecule has 9 heteroatoms. The van der Waals surface area contributed by atoms with Crippen molar-refractivity contribution in [1.82, 2.24) is 15.4 Å². The van der Waals surface area contributed by atoms with E-state index in [1.165, 1.54) is 7.05 Å². The van der Waals surface area contributed by atoms with Gasteiger partial charge in [-0.2, -0.15) is 0 Å². The van der Waals surface area contributed by atoms with Crippen LogP contribution in [0.25, 0.3) is 0 Å². The van der Waals surface area contributed by atoms with Crippen molar-refractivity contribution in [3.8, 4) is 0 Å². The van der Waals surface area contributed by atoms with Crippen molar-refractivity contribution in [2.75, 3.05) is 17.8 Å². The van der Waals surface area contributed by atoms with Gasteiger partial charge >= 0.3 is 5.69 Å². The highest BCUT2D eigenvalue weighted by Gasteiger charge is 2.22. The lowest BCUT2D eigenvalue weighted by atomic mass is 10.1. The van der Waals surface area contributed by atoms with E-state index in [1.807, 2.05) is 30.3 Å². The molecule has 1 aromatic heterocycles. The molecule has 114 valence electrons. The Hall–Kier alpha value is -3.23. The second kappa shape index (κ2) is 6.97. The van der Waals surface area contributed by atoms with Gasteiger partial charge in [-0.15, -0.1) is 0 Å². The summed E-state index contributed by atoms with van der Waals surface area (Å²) < 4.78 is 0. The summed E-state index contributed by atoms with van der Waals surface area (Å²) in [5.41, 5.74) is 5.33. The van der Waals surface area contributed by atoms with Gasteiger partial charge in [-0.25, -0.2) is 9.97 Å². The van der Waals surface area contributed by atoms with Gasteiger partial charge in [-0.1, -0.05) is 30.3 Å². The summed E-state index contributed by atoms with van der Waals surface area (Å²) in [5, 5.41) is 13.7. The van der Waals surface area contributed by atoms with Crippen LogP contribution in [0.15, 0.2) is 36.7 Å². The molecule has 0 atom stereocenters. The van der Waals surface area contributed by atoms with Crippen molar-refractivity contribution in [1.29, 1.82) is 0 Å². The van der Waals surface area contributed by atoms with E-state index in [9.17, 15) is 14.9 Å². The molecule has 0 fully saturated rings. The molecule has 0 aliphatic carbocycles. The molecular formula is C13H14N6O3. The van der Waals surface area contributed by atoms with Crippen molar-refractivity contribution < 1.29 is 9.72 Å². The van der Waals surface area contributed by atoms with E-state index in [0.29, 0.717) is 0 Å². The first-order valence-electron chi connectivity index (χ1n) is 6.37. The smallest absolute Gasteiger partial charge is 0.354 e. The second-order valence-electron chi connectivity index (χ2n) is 4.26. The number of hydrazine groups is 1. The first kappa shape index (κ1) is 15.2. The Morgan fingerprint density at radius 2 is 1.91 bits per heavy atom. The SMILES string of the molecule is CNc1ncnc(NNC(=O)Cc2ccccc2)c1[N+](=O)[O-]. The molecule has 2 aromatic rings. The number of aromatic nitrogens is 2. The molecule has 9 nitrogen and oxygen atoms in total. The molecule has 0 aliphatic heterocycles. The van der Waals surface area contributed by atoms with Gasteiger partial charge in [-0.05, 0) is 5.56 Å². The van der Waals surface area contributed by atoms with Gasteiger partial charge < -0.3 is 5.32 Å². The Morgan fingerprint density at radius 3 is 2.55 bits per heavy atom. The van der Waals surface area contributed by atoms with E-state index in [1.54, 1.807) is 0 Å². The lowest BCUT2D eigenvalue weighted by Crippen LogP contribution is -2.31. The summed E-state index contributed by atoms with van der Waals surface area (Å²) in [6.45, 7) is 0. The minimum Gasteiger partial charge on any atom is -0.367 e. The van der Waals surface area contributed by atoms with Gasteiger partial charge in [-0.3, -0.25) is 25.8 Å². The quantitative estimate of drug-likeness (QED) is 0.539. The monoisotopic (exact) mass is 302 g/mol. The summed E-state index contributed by atoms with van der Waals surface area (Å²) >= 11 is 0. The molecule has 0 saturated heterocycles. The number of amides is 1. The lowest BCUT2D eigenvalue weighted by molar-refractivity contribution is -0.383. The van der Waals surface area contributed by atoms with Crippen LogP contribution in [0.4, 0.5) is 17.3 Å². The van der Waals surface area contributed by atoms with E-state index in [4.69, 9.17) is 0 Å². The third-order valence-electron chi connectivity index (χ3n) is 2.77. The molecule has 1 aromatic carbocycles. The molecule has 0 bridgehead atoms. The molecular weight excluding hydrogens is 288 g/mol. The maximum Gasteiger partial charge on any atom is 0.354 e. The third kappa shape index (κ3) is 3.66. The van der Waals surface area contributed by atoms with Gasteiger partial charge in [0.15, 0.2) is 0 Å². The Labute approximate surface area is 125 Å². The minimum absolute atomic E-state index is 0.0554. The van der Waals surface area contributed by atoms with Gasteiger partial charge in [0.1, 0.15) is 6.33 Å². The van der Waals surface area contributed by atoms with Gasteiger partial charge in [0.05, 0.1) is 11.3 Å². The van der Waals surface area contributed by atoms with Gasteiger partial charge in [0.2, 0.25) is 17.5 Å². The van der Waals surface area contributed by atoms with Crippen LogP contribution >= 0.6 is 0 Å². The summed E-state index contributed by atoms with van der Waals surface area (Å²) in [7, 11) is 1.51. The van der Waals surface area contributed by atoms with E-state index in [0.717, 1.165) is 11.9 Å². The largest absolute Gasteiger partial charge is 0.367 e. The van der Waals surface area contributed by atoms with Crippen LogP contribution in [0.3, 0.4) is 0 Å². The number of rotatable bonds is 6. The van der Waals surface area contributed by atoms with Crippen molar-refractivity contribution in [2.45, 2.75) is 6.42 Å². The maximum absolute atomic E-state index is 11.8. The molecule has 3 N–H and O–H groups in total. The zero-order chi connectivity index (χ0) is 15.9. The van der Waals surface area contributed by atoms with Crippen molar-refractivity contribution in [3.63, 3.8) is 0 Å². The Bertz CT molecular complexity index is 677. The molecule has 0 saturated carbocycles. The zero-order valence-electron chi connectivity index (χ0n) is 11.7. The Morgan fingerprint density at radius 1 is 1.23 bits per heavy atom. The number of benzene rings is 1. The summed E-state index contributed by atoms with van der Waals surface area (Å²) in [5.74, 6) is -0.379. The number of carbonyl (C=O) groups excluding carboxylic acids is 1. The summed E-state index contributed by atoms with van der Waals surface area (Å²) in [6.07, 6.45) is 1.30. The van der Waals surface area contributed by atoms with Crippen LogP contribution in [0.5, 0.6) is 0 Å². The fraction of sp³-hybridized carbons (Fsp3) is 0.154. The average molecular weight is 302 g/mol. The maximum atomic E-state index is 11.8. The minimum atomic E-state index is -0.627. The van der Waals surface area contributed by atoms with Crippen LogP contribution in [0.1, 0.15) is 5.56 Å². The highest BCUT2D eigenvalue weighted by atomic mass is 16.6. The molecule has 1 heterocycles. The first-order valence-corrected chi connectivity index (χ1v) is 6.37. The molecule has 0 aliphatic rings. The Kier molecular flexibility index (Phi) is 4.81. The topological polar surface area (TPSA) is 122 Å². The number of hydrogen-bond donors (Lipinski definition) is 3. The molecule has 0 radical (unpaired) electrons. The van der Waals surface area contributed by atoms with Crippen molar-refractivity contribution in [2.24, 2.45) is 0 Å². The molecule has 1 amide bonds. The van der Waals surface area contributed by atoms with Crippen LogP contribution in [0, 0.1) is 10.1 Å². The number of hydrogen-bond acceptors (Lipinski definition) is 7. The number of nitro groups is 1. The highest BCUT2D eigenvalue weighted by Crippen LogP contribution is 2.27. The van der Waals surface area contributed by atoms with E-state index in [2.05, 4.69) is 26.1 Å². The first-order chi connectivity index (χ1) is 10.6. The fourth-order valence-corrected chi connectivity index (χ4v) is 1.78. The zero-order valence-corrected chi connectivity index (χ0v) is 11.7. The molecule has 2 rings (SSSR count). The molecule has 22 heavy (non-hydrogen) atoms. The standard InChI is InChI=1S/C13H14N6O3/c1-14-12-11(19(21)22)13(16-8-15-12)18-17-10(20)7-9-5-3-2-4-6-9/h2-6,8H,7H2,1H3,(H,17,20)(H2,14,15,16,18). The fourth-order valence-electron chi connectivity index (χ4n) is 1.78. The summed E-state index contributed by atoms with van der Waals surface area (Å²) in [4.78, 5) is 29.8. The van der Waals surface area contributed by atoms with Crippen LogP contribution in [0.2, 0.25) is 0 Å². The van der Waals surface area contributed by atoms with E-state index < -0.39 is 4.92 Å². The second-order valence-corrected chi connectivity index (χ2v) is 4.26. The molecule has 0 unspecified atom stereocenters. The predicted molar refractivity (Wildman–Crippen MR) is 80.1 cm³/mol. The normalized spacial score (nSPS) is 9.86. The number of anilines is 2. The highest BCUT2D eigenvalue weighted by molar-refractivity contribution is 5.80. The number of nitrogens with one attached hydrogen (secondary N) is 3. The van der Waals surface area contributed by atoms with Crippen molar-refractivity contribution in [3.05, 3.63) is 52.3 Å². The average Bonchev–Trinajstić information content (AvgIpc) is 2.53. The number of nitrogens with zero attached hydrogens (tertiary/aromatic N) is 3. The lowest BCUT2D eigenvalue weighted by Gasteiger charge is -2.09. The third-order valence-corrected chi connectivity index (χ3v) is 2.77. The summed E-state index contributed by atoms with van der Waals surface area (Å²) in [6, 6.07) is 9.12. The number of carbonyl (C=O) groups is 1. The van der Waals surface area contributed by atoms with Crippen LogP contribution in [-0.2, 0) is 11.2 Å². The van der Waals surface area contributed by atoms with Crippen LogP contribution < -0.4 is 16.2 Å². The van der Waals surface area contributed by atoms with Crippen LogP contribution in [-0.4, -0.2) is 27.8 Å². The molecule has 0 spiro atoms. The van der Waals surface area contributed by atoms with Gasteiger partial charge in [0, 0.05) is 7.05 Å². The van der Waals surface area contributed by atoms with Gasteiger partial charge in [0.25, 0.3) is 0 Å². The Balaban J connectivity index is 2.05. The predicted octanol–water partition coefficient (Wildman–Crippen LogP) is 1.11. The van der Waals surface area contributed by atoms with E-state index in [-0.39, 0.29) is 29.7 Å².